The van der Waals surface area contributed by atoms with E-state index >= 15 is 0 Å². The lowest BCUT2D eigenvalue weighted by Crippen LogP contribution is -2.09. The lowest BCUT2D eigenvalue weighted by molar-refractivity contribution is 0.545. The maximum atomic E-state index is 2.39. The Bertz CT molecular complexity index is 80.9. The van der Waals surface area contributed by atoms with Crippen LogP contribution in [0.4, 0.5) is 0 Å². The molecule has 0 aromatic rings. The first kappa shape index (κ1) is 11.1. The van der Waals surface area contributed by atoms with Gasteiger partial charge < -0.3 is 0 Å². The van der Waals surface area contributed by atoms with Gasteiger partial charge in [-0.1, -0.05) is 65.4 Å². The highest BCUT2D eigenvalue weighted by molar-refractivity contribution is 6.57. The van der Waals surface area contributed by atoms with Gasteiger partial charge in [-0.15, -0.1) is 0 Å². The van der Waals surface area contributed by atoms with Crippen LogP contribution in [0.25, 0.3) is 0 Å². The van der Waals surface area contributed by atoms with Crippen LogP contribution in [0.5, 0.6) is 0 Å². The standard InChI is InChI=1S/C10H23B/c1-5-7-8-10(3)9-11(4)6-2/h10H,5-9H2,1-4H3. The molecule has 0 aliphatic carbocycles. The Morgan fingerprint density at radius 1 is 1.27 bits per heavy atom. The molecule has 1 unspecified atom stereocenters. The van der Waals surface area contributed by atoms with Gasteiger partial charge in [-0.3, -0.25) is 0 Å². The van der Waals surface area contributed by atoms with Crippen LogP contribution in [0.3, 0.4) is 0 Å². The summed E-state index contributed by atoms with van der Waals surface area (Å²) in [6, 6.07) is 0. The molecule has 0 bridgehead atoms. The Labute approximate surface area is 72.8 Å². The molecular formula is C10H23B. The second-order valence-electron chi connectivity index (χ2n) is 4.00. The zero-order chi connectivity index (χ0) is 8.69. The fourth-order valence-electron chi connectivity index (χ4n) is 1.52. The van der Waals surface area contributed by atoms with Crippen molar-refractivity contribution in [3.8, 4) is 0 Å². The van der Waals surface area contributed by atoms with E-state index in [1.54, 1.807) is 0 Å². The third-order valence-corrected chi connectivity index (χ3v) is 2.55. The van der Waals surface area contributed by atoms with E-state index in [-0.39, 0.29) is 0 Å². The molecule has 66 valence electrons. The Hall–Kier alpha value is 0.0649. The van der Waals surface area contributed by atoms with Crippen molar-refractivity contribution in [2.45, 2.75) is 59.5 Å². The van der Waals surface area contributed by atoms with E-state index in [4.69, 9.17) is 0 Å². The maximum Gasteiger partial charge on any atom is 0.136 e. The zero-order valence-corrected chi connectivity index (χ0v) is 8.69. The quantitative estimate of drug-likeness (QED) is 0.508. The molecule has 0 rings (SSSR count). The topological polar surface area (TPSA) is 0 Å². The Kier molecular flexibility index (Phi) is 6.80. The van der Waals surface area contributed by atoms with E-state index in [1.165, 1.54) is 31.9 Å². The van der Waals surface area contributed by atoms with Crippen molar-refractivity contribution in [2.24, 2.45) is 5.92 Å². The van der Waals surface area contributed by atoms with Gasteiger partial charge in [-0.05, 0) is 0 Å². The van der Waals surface area contributed by atoms with Crippen LogP contribution < -0.4 is 0 Å². The predicted molar refractivity (Wildman–Crippen MR) is 55.6 cm³/mol. The molecule has 0 saturated carbocycles. The van der Waals surface area contributed by atoms with E-state index in [1.807, 2.05) is 0 Å². The van der Waals surface area contributed by atoms with Gasteiger partial charge in [0.2, 0.25) is 0 Å². The van der Waals surface area contributed by atoms with Crippen molar-refractivity contribution in [3.05, 3.63) is 0 Å². The van der Waals surface area contributed by atoms with E-state index in [0.717, 1.165) is 12.6 Å². The monoisotopic (exact) mass is 154 g/mol. The van der Waals surface area contributed by atoms with Crippen molar-refractivity contribution in [2.75, 3.05) is 0 Å². The largest absolute Gasteiger partial charge is 0.136 e. The molecule has 1 atom stereocenters. The number of rotatable bonds is 6. The second-order valence-corrected chi connectivity index (χ2v) is 4.00. The molecule has 0 aromatic carbocycles. The molecule has 0 heterocycles. The highest BCUT2D eigenvalue weighted by Gasteiger charge is 2.08. The van der Waals surface area contributed by atoms with Gasteiger partial charge >= 0.3 is 0 Å². The maximum absolute atomic E-state index is 2.39. The molecule has 0 fully saturated rings. The van der Waals surface area contributed by atoms with Crippen molar-refractivity contribution in [3.63, 3.8) is 0 Å². The normalized spacial score (nSPS) is 13.1. The Morgan fingerprint density at radius 3 is 2.36 bits per heavy atom. The van der Waals surface area contributed by atoms with Crippen molar-refractivity contribution < 1.29 is 0 Å². The average molecular weight is 154 g/mol. The van der Waals surface area contributed by atoms with Crippen LogP contribution in [-0.4, -0.2) is 6.71 Å². The molecule has 11 heavy (non-hydrogen) atoms. The van der Waals surface area contributed by atoms with Gasteiger partial charge in [0.1, 0.15) is 6.71 Å². The molecular weight excluding hydrogens is 131 g/mol. The molecule has 0 aromatic heterocycles. The fourth-order valence-corrected chi connectivity index (χ4v) is 1.52. The Morgan fingerprint density at radius 2 is 1.91 bits per heavy atom. The summed E-state index contributed by atoms with van der Waals surface area (Å²) < 4.78 is 0. The molecule has 0 spiro atoms. The summed E-state index contributed by atoms with van der Waals surface area (Å²) in [5, 5.41) is 0. The van der Waals surface area contributed by atoms with Crippen LogP contribution in [0, 0.1) is 5.92 Å². The van der Waals surface area contributed by atoms with Crippen molar-refractivity contribution in [1.82, 2.24) is 0 Å². The predicted octanol–water partition coefficient (Wildman–Crippen LogP) is 3.96. The minimum atomic E-state index is 0.932. The van der Waals surface area contributed by atoms with E-state index in [0.29, 0.717) is 0 Å². The third-order valence-electron chi connectivity index (χ3n) is 2.55. The lowest BCUT2D eigenvalue weighted by Gasteiger charge is -2.12. The second kappa shape index (κ2) is 6.76. The SMILES string of the molecule is CCCCC(C)CB(C)CC. The van der Waals surface area contributed by atoms with Gasteiger partial charge in [-0.25, -0.2) is 0 Å². The van der Waals surface area contributed by atoms with Crippen LogP contribution in [0.15, 0.2) is 0 Å². The molecule has 0 N–H and O–H groups in total. The van der Waals surface area contributed by atoms with Crippen LogP contribution in [0.2, 0.25) is 19.5 Å². The van der Waals surface area contributed by atoms with Gasteiger partial charge in [0.25, 0.3) is 0 Å². The minimum Gasteiger partial charge on any atom is -0.0861 e. The summed E-state index contributed by atoms with van der Waals surface area (Å²) in [6.07, 6.45) is 6.97. The highest BCUT2D eigenvalue weighted by Crippen LogP contribution is 2.15. The summed E-state index contributed by atoms with van der Waals surface area (Å²) in [6.45, 7) is 10.2. The van der Waals surface area contributed by atoms with Crippen LogP contribution in [0.1, 0.15) is 40.0 Å². The summed E-state index contributed by atoms with van der Waals surface area (Å²) in [7, 11) is 0. The highest BCUT2D eigenvalue weighted by atomic mass is 14.0. The summed E-state index contributed by atoms with van der Waals surface area (Å²) in [4.78, 5) is 0. The molecule has 0 radical (unpaired) electrons. The molecule has 1 heteroatoms. The smallest absolute Gasteiger partial charge is 0.0861 e. The summed E-state index contributed by atoms with van der Waals surface area (Å²) in [5.41, 5.74) is 0. The molecule has 0 nitrogen and oxygen atoms in total. The molecule has 0 aliphatic rings. The van der Waals surface area contributed by atoms with Crippen LogP contribution in [-0.2, 0) is 0 Å². The zero-order valence-electron chi connectivity index (χ0n) is 8.69. The summed E-state index contributed by atoms with van der Waals surface area (Å²) in [5.74, 6) is 0.949. The van der Waals surface area contributed by atoms with Gasteiger partial charge in [0.15, 0.2) is 0 Å². The van der Waals surface area contributed by atoms with Crippen LogP contribution >= 0.6 is 0 Å². The van der Waals surface area contributed by atoms with Crippen molar-refractivity contribution in [1.29, 1.82) is 0 Å². The number of hydrogen-bond donors (Lipinski definition) is 0. The molecule has 0 aliphatic heterocycles. The van der Waals surface area contributed by atoms with Gasteiger partial charge in [-0.2, -0.15) is 0 Å². The first-order chi connectivity index (χ1) is 5.20. The minimum absolute atomic E-state index is 0.932. The third kappa shape index (κ3) is 6.46. The molecule has 0 saturated heterocycles. The van der Waals surface area contributed by atoms with E-state index in [2.05, 4.69) is 27.6 Å². The number of hydrogen-bond acceptors (Lipinski definition) is 0. The lowest BCUT2D eigenvalue weighted by atomic mass is 9.45. The molecule has 0 amide bonds. The Balaban J connectivity index is 3.27. The van der Waals surface area contributed by atoms with Gasteiger partial charge in [0, 0.05) is 0 Å². The van der Waals surface area contributed by atoms with Crippen molar-refractivity contribution >= 4 is 6.71 Å². The van der Waals surface area contributed by atoms with Gasteiger partial charge in [0.05, 0.1) is 0 Å². The first-order valence-electron chi connectivity index (χ1n) is 5.20. The summed E-state index contributed by atoms with van der Waals surface area (Å²) >= 11 is 0. The average Bonchev–Trinajstić information content (AvgIpc) is 2.00. The number of unbranched alkanes of at least 4 members (excludes halogenated alkanes) is 1. The van der Waals surface area contributed by atoms with E-state index in [9.17, 15) is 0 Å². The first-order valence-corrected chi connectivity index (χ1v) is 5.20. The van der Waals surface area contributed by atoms with E-state index < -0.39 is 0 Å². The fraction of sp³-hybridized carbons (Fsp3) is 1.00.